The molecule has 6 nitrogen and oxygen atoms in total. The molecule has 2 atom stereocenters. The van der Waals surface area contributed by atoms with Crippen LogP contribution < -0.4 is 5.32 Å². The van der Waals surface area contributed by atoms with E-state index < -0.39 is 46.4 Å². The number of carbonyl (C=O) groups excluding carboxylic acids is 3. The fourth-order valence-corrected chi connectivity index (χ4v) is 4.84. The Balaban J connectivity index is 1.84. The molecule has 32 heavy (non-hydrogen) atoms. The second kappa shape index (κ2) is 7.72. The zero-order valence-electron chi connectivity index (χ0n) is 17.9. The van der Waals surface area contributed by atoms with Gasteiger partial charge < -0.3 is 15.0 Å². The molecule has 0 aromatic heterocycles. The molecule has 1 saturated heterocycles. The number of nitrogens with zero attached hydrogens (tertiary/aromatic N) is 1. The van der Waals surface area contributed by atoms with Crippen LogP contribution in [0.1, 0.15) is 49.9 Å². The summed E-state index contributed by atoms with van der Waals surface area (Å²) in [5.41, 5.74) is -4.68. The van der Waals surface area contributed by atoms with Crippen molar-refractivity contribution < 1.29 is 32.3 Å². The average molecular weight is 450 g/mol. The molecule has 0 bridgehead atoms. The number of hydrogen-bond acceptors (Lipinski definition) is 4. The maximum Gasteiger partial charge on any atom is 0.425 e. The second-order valence-electron chi connectivity index (χ2n) is 9.38. The van der Waals surface area contributed by atoms with Gasteiger partial charge in [-0.2, -0.15) is 13.2 Å². The van der Waals surface area contributed by atoms with Crippen LogP contribution in [-0.2, 0) is 14.3 Å². The van der Waals surface area contributed by atoms with Crippen LogP contribution in [0.2, 0.25) is 0 Å². The van der Waals surface area contributed by atoms with E-state index in [1.54, 1.807) is 19.9 Å². The lowest BCUT2D eigenvalue weighted by Gasteiger charge is -2.35. The number of amides is 2. The van der Waals surface area contributed by atoms with Gasteiger partial charge >= 0.3 is 6.18 Å². The van der Waals surface area contributed by atoms with Crippen molar-refractivity contribution in [2.24, 2.45) is 5.41 Å². The summed E-state index contributed by atoms with van der Waals surface area (Å²) in [7, 11) is 0. The van der Waals surface area contributed by atoms with Crippen LogP contribution in [0.3, 0.4) is 0 Å². The molecule has 3 aliphatic rings. The Bertz CT molecular complexity index is 981. The predicted octanol–water partition coefficient (Wildman–Crippen LogP) is 3.38. The smallest absolute Gasteiger partial charge is 0.376 e. The fourth-order valence-electron chi connectivity index (χ4n) is 4.84. The van der Waals surface area contributed by atoms with E-state index in [0.29, 0.717) is 13.0 Å². The number of alkyl halides is 3. The van der Waals surface area contributed by atoms with Gasteiger partial charge in [-0.05, 0) is 36.8 Å². The van der Waals surface area contributed by atoms with Gasteiger partial charge in [-0.3, -0.25) is 14.4 Å². The van der Waals surface area contributed by atoms with E-state index >= 15 is 0 Å². The largest absolute Gasteiger partial charge is 0.425 e. The van der Waals surface area contributed by atoms with Gasteiger partial charge in [0, 0.05) is 24.3 Å². The van der Waals surface area contributed by atoms with Gasteiger partial charge in [-0.25, -0.2) is 0 Å². The summed E-state index contributed by atoms with van der Waals surface area (Å²) in [6, 6.07) is 7.34. The van der Waals surface area contributed by atoms with Crippen LogP contribution in [0.25, 0.3) is 0 Å². The summed E-state index contributed by atoms with van der Waals surface area (Å²) < 4.78 is 49.6. The molecule has 1 fully saturated rings. The second-order valence-corrected chi connectivity index (χ2v) is 9.38. The van der Waals surface area contributed by atoms with Crippen LogP contribution in [0.15, 0.2) is 41.6 Å². The third kappa shape index (κ3) is 3.62. The Labute approximate surface area is 183 Å². The quantitative estimate of drug-likeness (QED) is 0.763. The molecule has 2 aliphatic heterocycles. The summed E-state index contributed by atoms with van der Waals surface area (Å²) >= 11 is 0. The van der Waals surface area contributed by atoms with Crippen molar-refractivity contribution in [3.05, 3.63) is 47.2 Å². The van der Waals surface area contributed by atoms with Gasteiger partial charge in [-0.15, -0.1) is 0 Å². The van der Waals surface area contributed by atoms with E-state index in [1.165, 1.54) is 24.3 Å². The van der Waals surface area contributed by atoms with Crippen LogP contribution in [-0.4, -0.2) is 53.5 Å². The van der Waals surface area contributed by atoms with Crippen molar-refractivity contribution in [1.82, 2.24) is 10.2 Å². The summed E-state index contributed by atoms with van der Waals surface area (Å²) in [5.74, 6) is -3.19. The first-order valence-corrected chi connectivity index (χ1v) is 10.6. The van der Waals surface area contributed by atoms with Gasteiger partial charge in [0.25, 0.3) is 11.8 Å². The first-order valence-electron chi connectivity index (χ1n) is 10.6. The number of ether oxygens (including phenoxy) is 1. The van der Waals surface area contributed by atoms with Crippen molar-refractivity contribution in [3.63, 3.8) is 0 Å². The Morgan fingerprint density at radius 2 is 1.88 bits per heavy atom. The maximum atomic E-state index is 14.7. The fraction of sp³-hybridized carbons (Fsp3) is 0.522. The molecule has 0 radical (unpaired) electrons. The van der Waals surface area contributed by atoms with Crippen molar-refractivity contribution in [2.75, 3.05) is 13.2 Å². The van der Waals surface area contributed by atoms with Crippen LogP contribution in [0.5, 0.6) is 0 Å². The van der Waals surface area contributed by atoms with E-state index in [4.69, 9.17) is 4.74 Å². The third-order valence-corrected chi connectivity index (χ3v) is 6.29. The third-order valence-electron chi connectivity index (χ3n) is 6.29. The molecule has 2 amide bonds. The minimum atomic E-state index is -5.21. The zero-order chi connectivity index (χ0) is 23.3. The van der Waals surface area contributed by atoms with E-state index in [0.717, 1.165) is 11.3 Å². The molecule has 1 N–H and O–H groups in total. The lowest BCUT2D eigenvalue weighted by molar-refractivity contribution is -0.191. The topological polar surface area (TPSA) is 75.7 Å². The highest BCUT2D eigenvalue weighted by Crippen LogP contribution is 2.52. The number of hydrogen-bond donors (Lipinski definition) is 1. The van der Waals surface area contributed by atoms with Crippen molar-refractivity contribution >= 4 is 17.6 Å². The molecule has 1 aromatic rings. The number of nitrogens with one attached hydrogen (secondary N) is 1. The summed E-state index contributed by atoms with van der Waals surface area (Å²) in [6.45, 7) is 3.94. The Kier molecular flexibility index (Phi) is 5.43. The highest BCUT2D eigenvalue weighted by molar-refractivity contribution is 6.14. The number of halogens is 3. The summed E-state index contributed by atoms with van der Waals surface area (Å²) in [6.07, 6.45) is -4.30. The summed E-state index contributed by atoms with van der Waals surface area (Å²) in [4.78, 5) is 40.4. The lowest BCUT2D eigenvalue weighted by Crippen LogP contribution is -2.66. The molecule has 0 unspecified atom stereocenters. The van der Waals surface area contributed by atoms with Gasteiger partial charge in [-0.1, -0.05) is 32.0 Å². The minimum Gasteiger partial charge on any atom is -0.376 e. The highest BCUT2D eigenvalue weighted by Gasteiger charge is 2.71. The van der Waals surface area contributed by atoms with E-state index in [9.17, 15) is 27.6 Å². The Morgan fingerprint density at radius 1 is 1.19 bits per heavy atom. The molecular formula is C23H25F3N2O4. The molecule has 1 aromatic carbocycles. The van der Waals surface area contributed by atoms with Crippen LogP contribution >= 0.6 is 0 Å². The normalized spacial score (nSPS) is 27.7. The SMILES string of the molecule is CC1(C)CC(=O)C2=C(C1)N(C[C@H]1CCCO1)C(=O)[C@@]2(NC(=O)c1ccccc1)C(F)(F)F. The van der Waals surface area contributed by atoms with Crippen molar-refractivity contribution in [2.45, 2.75) is 57.3 Å². The minimum absolute atomic E-state index is 0.0350. The molecule has 2 heterocycles. The molecule has 9 heteroatoms. The zero-order valence-corrected chi connectivity index (χ0v) is 17.9. The number of benzene rings is 1. The van der Waals surface area contributed by atoms with Crippen LogP contribution in [0.4, 0.5) is 13.2 Å². The molecule has 0 spiro atoms. The molecule has 172 valence electrons. The molecule has 4 rings (SSSR count). The standard InChI is InChI=1S/C23H25F3N2O4/c1-21(2)11-16-18(17(29)12-21)22(23(24,25)26,27-19(30)14-7-4-3-5-8-14)20(31)28(16)13-15-9-6-10-32-15/h3-5,7-8,15H,6,9-13H2,1-2H3,(H,27,30)/t15-,22-/m1/s1. The number of Topliss-reactive ketones (excluding diaryl/α,β-unsaturated/α-hetero) is 1. The monoisotopic (exact) mass is 450 g/mol. The molecule has 0 saturated carbocycles. The first-order chi connectivity index (χ1) is 15.0. The molecule has 1 aliphatic carbocycles. The highest BCUT2D eigenvalue weighted by atomic mass is 19.4. The number of carbonyl (C=O) groups is 3. The Hall–Kier alpha value is -2.68. The number of ketones is 1. The van der Waals surface area contributed by atoms with Gasteiger partial charge in [0.15, 0.2) is 5.78 Å². The van der Waals surface area contributed by atoms with Gasteiger partial charge in [0.05, 0.1) is 18.2 Å². The Morgan fingerprint density at radius 3 is 2.47 bits per heavy atom. The average Bonchev–Trinajstić information content (AvgIpc) is 3.29. The van der Waals surface area contributed by atoms with Crippen molar-refractivity contribution in [1.29, 1.82) is 0 Å². The number of allylic oxidation sites excluding steroid dienone is 1. The molecular weight excluding hydrogens is 425 g/mol. The summed E-state index contributed by atoms with van der Waals surface area (Å²) in [5, 5.41) is 1.94. The van der Waals surface area contributed by atoms with Gasteiger partial charge in [0.1, 0.15) is 0 Å². The lowest BCUT2D eigenvalue weighted by atomic mass is 9.72. The predicted molar refractivity (Wildman–Crippen MR) is 108 cm³/mol. The van der Waals surface area contributed by atoms with E-state index in [-0.39, 0.29) is 30.6 Å². The van der Waals surface area contributed by atoms with Gasteiger partial charge in [0.2, 0.25) is 5.54 Å². The first kappa shape index (κ1) is 22.5. The van der Waals surface area contributed by atoms with E-state index in [1.807, 2.05) is 5.32 Å². The maximum absolute atomic E-state index is 14.7. The van der Waals surface area contributed by atoms with Crippen LogP contribution in [0, 0.1) is 5.41 Å². The van der Waals surface area contributed by atoms with E-state index in [2.05, 4.69) is 0 Å². The van der Waals surface area contributed by atoms with Crippen molar-refractivity contribution in [3.8, 4) is 0 Å². The number of rotatable bonds is 4.